The van der Waals surface area contributed by atoms with Gasteiger partial charge in [0.1, 0.15) is 0 Å². The van der Waals surface area contributed by atoms with E-state index in [0.717, 1.165) is 43.8 Å². The molecule has 0 bridgehead atoms. The van der Waals surface area contributed by atoms with E-state index in [2.05, 4.69) is 31.7 Å². The van der Waals surface area contributed by atoms with E-state index in [0.29, 0.717) is 22.7 Å². The Balaban J connectivity index is 2.77. The standard InChI is InChI=1S/C14H26N6OS2/c1-4-15-13(22)19-17-11-7-6-10(8-9-21-3)12(11)18-20-14(23)16-5-2/h10H,4-9H2,1-3H3,(H2,15,19,22)(H2,16,20,23)/b17-11+,18-12?/t10-/m1/s1. The maximum Gasteiger partial charge on any atom is 0.186 e. The second kappa shape index (κ2) is 11.3. The molecule has 0 aliphatic heterocycles. The zero-order valence-electron chi connectivity index (χ0n) is 13.9. The van der Waals surface area contributed by atoms with Crippen LogP contribution in [0.15, 0.2) is 10.2 Å². The van der Waals surface area contributed by atoms with Crippen molar-refractivity contribution < 1.29 is 4.74 Å². The van der Waals surface area contributed by atoms with Gasteiger partial charge in [-0.1, -0.05) is 0 Å². The van der Waals surface area contributed by atoms with Crippen LogP contribution >= 0.6 is 24.4 Å². The van der Waals surface area contributed by atoms with Gasteiger partial charge in [-0.05, 0) is 57.5 Å². The number of nitrogens with one attached hydrogen (secondary N) is 4. The summed E-state index contributed by atoms with van der Waals surface area (Å²) in [5.41, 5.74) is 7.56. The predicted octanol–water partition coefficient (Wildman–Crippen LogP) is 1.11. The highest BCUT2D eigenvalue weighted by Gasteiger charge is 2.29. The summed E-state index contributed by atoms with van der Waals surface area (Å²) in [5.74, 6) is 0.306. The van der Waals surface area contributed by atoms with Gasteiger partial charge in [-0.2, -0.15) is 10.2 Å². The second-order valence-electron chi connectivity index (χ2n) is 5.02. The maximum atomic E-state index is 5.18. The molecule has 0 aromatic rings. The molecule has 23 heavy (non-hydrogen) atoms. The molecular formula is C14H26N6OS2. The van der Waals surface area contributed by atoms with E-state index in [1.165, 1.54) is 0 Å². The van der Waals surface area contributed by atoms with Crippen molar-refractivity contribution in [2.45, 2.75) is 33.1 Å². The van der Waals surface area contributed by atoms with Gasteiger partial charge in [-0.25, -0.2) is 0 Å². The molecule has 4 N–H and O–H groups in total. The van der Waals surface area contributed by atoms with Crippen LogP contribution in [0.2, 0.25) is 0 Å². The zero-order valence-corrected chi connectivity index (χ0v) is 15.6. The SMILES string of the molecule is CCNC(=S)NN=C1/C(=N/NC(=S)NCC)CC[C@@H]1CCOC. The molecule has 0 radical (unpaired) electrons. The van der Waals surface area contributed by atoms with Crippen molar-refractivity contribution in [2.24, 2.45) is 16.1 Å². The summed E-state index contributed by atoms with van der Waals surface area (Å²) >= 11 is 10.3. The number of rotatable bonds is 7. The molecule has 9 heteroatoms. The average Bonchev–Trinajstić information content (AvgIpc) is 2.91. The minimum absolute atomic E-state index is 0.306. The summed E-state index contributed by atoms with van der Waals surface area (Å²) in [6, 6.07) is 0. The normalized spacial score (nSPS) is 20.6. The van der Waals surface area contributed by atoms with Crippen molar-refractivity contribution in [1.29, 1.82) is 0 Å². The first-order chi connectivity index (χ1) is 11.1. The Bertz CT molecular complexity index is 466. The van der Waals surface area contributed by atoms with E-state index < -0.39 is 0 Å². The summed E-state index contributed by atoms with van der Waals surface area (Å²) in [6.07, 6.45) is 2.75. The van der Waals surface area contributed by atoms with E-state index >= 15 is 0 Å². The Morgan fingerprint density at radius 1 is 1.13 bits per heavy atom. The maximum absolute atomic E-state index is 5.18. The van der Waals surface area contributed by atoms with Crippen LogP contribution in [0.4, 0.5) is 0 Å². The number of hydrogen-bond donors (Lipinski definition) is 4. The van der Waals surface area contributed by atoms with Crippen LogP contribution in [0, 0.1) is 5.92 Å². The molecule has 1 saturated carbocycles. The Hall–Kier alpha value is -1.32. The quantitative estimate of drug-likeness (QED) is 0.401. The zero-order chi connectivity index (χ0) is 17.1. The van der Waals surface area contributed by atoms with Gasteiger partial charge in [0, 0.05) is 32.7 Å². The van der Waals surface area contributed by atoms with Crippen LogP contribution in [0.5, 0.6) is 0 Å². The lowest BCUT2D eigenvalue weighted by Crippen LogP contribution is -2.35. The highest BCUT2D eigenvalue weighted by atomic mass is 32.1. The van der Waals surface area contributed by atoms with Gasteiger partial charge in [0.2, 0.25) is 0 Å². The molecule has 130 valence electrons. The minimum atomic E-state index is 0.306. The van der Waals surface area contributed by atoms with Crippen molar-refractivity contribution >= 4 is 46.1 Å². The van der Waals surface area contributed by atoms with Gasteiger partial charge < -0.3 is 15.4 Å². The van der Waals surface area contributed by atoms with Crippen molar-refractivity contribution in [3.05, 3.63) is 0 Å². The Morgan fingerprint density at radius 3 is 2.30 bits per heavy atom. The highest BCUT2D eigenvalue weighted by Crippen LogP contribution is 2.24. The van der Waals surface area contributed by atoms with Gasteiger partial charge in [0.25, 0.3) is 0 Å². The van der Waals surface area contributed by atoms with E-state index in [9.17, 15) is 0 Å². The third-order valence-corrected chi connectivity index (χ3v) is 3.80. The topological polar surface area (TPSA) is 82.1 Å². The van der Waals surface area contributed by atoms with Crippen LogP contribution in [-0.4, -0.2) is 48.5 Å². The smallest absolute Gasteiger partial charge is 0.186 e. The highest BCUT2D eigenvalue weighted by molar-refractivity contribution is 7.80. The molecule has 1 fully saturated rings. The van der Waals surface area contributed by atoms with E-state index in [4.69, 9.17) is 29.2 Å². The van der Waals surface area contributed by atoms with E-state index in [-0.39, 0.29) is 0 Å². The van der Waals surface area contributed by atoms with Gasteiger partial charge in [-0.15, -0.1) is 0 Å². The molecule has 0 heterocycles. The van der Waals surface area contributed by atoms with Crippen molar-refractivity contribution in [3.63, 3.8) is 0 Å². The molecule has 0 aromatic carbocycles. The van der Waals surface area contributed by atoms with Gasteiger partial charge in [0.15, 0.2) is 10.2 Å². The minimum Gasteiger partial charge on any atom is -0.385 e. The second-order valence-corrected chi connectivity index (χ2v) is 5.83. The average molecular weight is 359 g/mol. The number of methoxy groups -OCH3 is 1. The van der Waals surface area contributed by atoms with Crippen molar-refractivity contribution in [2.75, 3.05) is 26.8 Å². The summed E-state index contributed by atoms with van der Waals surface area (Å²) < 4.78 is 5.18. The Morgan fingerprint density at radius 2 is 1.74 bits per heavy atom. The molecule has 1 rings (SSSR count). The molecule has 0 unspecified atom stereocenters. The van der Waals surface area contributed by atoms with Crippen molar-refractivity contribution in [3.8, 4) is 0 Å². The molecule has 1 atom stereocenters. The summed E-state index contributed by atoms with van der Waals surface area (Å²) in [7, 11) is 1.70. The fourth-order valence-electron chi connectivity index (χ4n) is 2.25. The van der Waals surface area contributed by atoms with Gasteiger partial charge in [0.05, 0.1) is 11.4 Å². The summed E-state index contributed by atoms with van der Waals surface area (Å²) in [4.78, 5) is 0. The third kappa shape index (κ3) is 7.19. The first kappa shape index (κ1) is 19.7. The molecule has 0 saturated heterocycles. The van der Waals surface area contributed by atoms with Crippen LogP contribution < -0.4 is 21.5 Å². The molecule has 0 spiro atoms. The number of thiocarbonyl (C=S) groups is 2. The molecule has 1 aliphatic rings. The van der Waals surface area contributed by atoms with E-state index in [1.807, 2.05) is 13.8 Å². The summed E-state index contributed by atoms with van der Waals surface area (Å²) in [6.45, 7) is 6.17. The van der Waals surface area contributed by atoms with Gasteiger partial charge in [-0.3, -0.25) is 10.9 Å². The van der Waals surface area contributed by atoms with Crippen molar-refractivity contribution in [1.82, 2.24) is 21.5 Å². The van der Waals surface area contributed by atoms with Crippen LogP contribution in [0.3, 0.4) is 0 Å². The largest absolute Gasteiger partial charge is 0.385 e. The lowest BCUT2D eigenvalue weighted by atomic mass is 10.0. The lowest BCUT2D eigenvalue weighted by Gasteiger charge is -2.12. The number of hydrogen-bond acceptors (Lipinski definition) is 5. The molecule has 0 aromatic heterocycles. The Labute approximate surface area is 148 Å². The molecule has 0 amide bonds. The number of nitrogens with zero attached hydrogens (tertiary/aromatic N) is 2. The molecule has 1 aliphatic carbocycles. The lowest BCUT2D eigenvalue weighted by molar-refractivity contribution is 0.186. The van der Waals surface area contributed by atoms with Gasteiger partial charge >= 0.3 is 0 Å². The predicted molar refractivity (Wildman–Crippen MR) is 103 cm³/mol. The Kier molecular flexibility index (Phi) is 9.65. The first-order valence-electron chi connectivity index (χ1n) is 7.83. The fraction of sp³-hybridized carbons (Fsp3) is 0.714. The monoisotopic (exact) mass is 358 g/mol. The molecular weight excluding hydrogens is 332 g/mol. The summed E-state index contributed by atoms with van der Waals surface area (Å²) in [5, 5.41) is 15.9. The fourth-order valence-corrected chi connectivity index (χ4v) is 2.63. The van der Waals surface area contributed by atoms with Crippen LogP contribution in [0.25, 0.3) is 0 Å². The number of ether oxygens (including phenoxy) is 1. The van der Waals surface area contributed by atoms with E-state index in [1.54, 1.807) is 7.11 Å². The first-order valence-corrected chi connectivity index (χ1v) is 8.65. The third-order valence-electron chi connectivity index (χ3n) is 3.33. The van der Waals surface area contributed by atoms with Crippen LogP contribution in [0.1, 0.15) is 33.1 Å². The molecule has 7 nitrogen and oxygen atoms in total. The number of hydrazone groups is 2. The van der Waals surface area contributed by atoms with Crippen LogP contribution in [-0.2, 0) is 4.74 Å².